The Kier molecular flexibility index (Phi) is 7.28. The molecule has 2 aromatic rings. The van der Waals surface area contributed by atoms with Gasteiger partial charge in [0, 0.05) is 18.0 Å². The summed E-state index contributed by atoms with van der Waals surface area (Å²) in [5, 5.41) is 2.29. The smallest absolute Gasteiger partial charge is 0.424 e. The van der Waals surface area contributed by atoms with Gasteiger partial charge >= 0.3 is 12.1 Å². The number of aromatic nitrogens is 2. The molecule has 2 aromatic heterocycles. The van der Waals surface area contributed by atoms with Crippen molar-refractivity contribution in [3.63, 3.8) is 0 Å². The van der Waals surface area contributed by atoms with E-state index in [1.807, 2.05) is 27.7 Å². The van der Waals surface area contributed by atoms with Crippen molar-refractivity contribution in [1.29, 1.82) is 0 Å². The Balaban J connectivity index is 1.40. The van der Waals surface area contributed by atoms with Crippen LogP contribution in [-0.2, 0) is 20.7 Å². The van der Waals surface area contributed by atoms with Crippen LogP contribution in [0, 0.1) is 0 Å². The summed E-state index contributed by atoms with van der Waals surface area (Å²) >= 11 is 1.62. The molecule has 10 heteroatoms. The van der Waals surface area contributed by atoms with Crippen LogP contribution < -0.4 is 10.2 Å². The van der Waals surface area contributed by atoms with Crippen LogP contribution >= 0.6 is 11.3 Å². The molecule has 186 valence electrons. The Morgan fingerprint density at radius 1 is 1.18 bits per heavy atom. The van der Waals surface area contributed by atoms with E-state index in [-0.39, 0.29) is 24.0 Å². The van der Waals surface area contributed by atoms with Crippen LogP contribution in [0.2, 0.25) is 0 Å². The van der Waals surface area contributed by atoms with E-state index in [9.17, 15) is 9.59 Å². The van der Waals surface area contributed by atoms with Crippen molar-refractivity contribution in [1.82, 2.24) is 20.4 Å². The SMILES string of the molecule is CCOC(=O)C1CCc2sc3ncnc(O[C@H]4CC[C@H](NN(C)C(=O)OC(C)(C)C)CC4)c3c21. The number of amides is 1. The molecular formula is C24H34N4O5S. The second-order valence-corrected chi connectivity index (χ2v) is 11.0. The minimum atomic E-state index is -0.532. The fourth-order valence-corrected chi connectivity index (χ4v) is 5.85. The van der Waals surface area contributed by atoms with Crippen LogP contribution in [0.4, 0.5) is 4.79 Å². The summed E-state index contributed by atoms with van der Waals surface area (Å²) in [4.78, 5) is 35.7. The molecule has 1 saturated carbocycles. The maximum atomic E-state index is 12.6. The molecule has 2 heterocycles. The summed E-state index contributed by atoms with van der Waals surface area (Å²) in [6.45, 7) is 7.75. The maximum absolute atomic E-state index is 12.6. The number of nitrogens with zero attached hydrogens (tertiary/aromatic N) is 3. The number of esters is 1. The zero-order valence-electron chi connectivity index (χ0n) is 20.6. The van der Waals surface area contributed by atoms with Crippen molar-refractivity contribution in [2.24, 2.45) is 0 Å². The highest BCUT2D eigenvalue weighted by atomic mass is 32.1. The number of hydrogen-bond acceptors (Lipinski definition) is 9. The lowest BCUT2D eigenvalue weighted by Gasteiger charge is -2.33. The third kappa shape index (κ3) is 5.43. The van der Waals surface area contributed by atoms with E-state index < -0.39 is 11.7 Å². The van der Waals surface area contributed by atoms with Gasteiger partial charge in [-0.2, -0.15) is 0 Å². The van der Waals surface area contributed by atoms with E-state index in [1.165, 1.54) is 16.2 Å². The van der Waals surface area contributed by atoms with E-state index in [2.05, 4.69) is 15.4 Å². The van der Waals surface area contributed by atoms with Gasteiger partial charge in [0.25, 0.3) is 0 Å². The normalized spacial score (nSPS) is 22.3. The molecule has 4 rings (SSSR count). The van der Waals surface area contributed by atoms with Gasteiger partial charge in [-0.05, 0) is 71.8 Å². The number of nitrogens with one attached hydrogen (secondary N) is 1. The molecule has 0 spiro atoms. The number of aryl methyl sites for hydroxylation is 1. The number of hydrazine groups is 1. The summed E-state index contributed by atoms with van der Waals surface area (Å²) in [5.74, 6) is 0.0952. The molecule has 1 unspecified atom stereocenters. The van der Waals surface area contributed by atoms with E-state index in [0.29, 0.717) is 12.5 Å². The van der Waals surface area contributed by atoms with Gasteiger partial charge in [-0.3, -0.25) is 4.79 Å². The molecule has 1 fully saturated rings. The Labute approximate surface area is 204 Å². The number of hydrogen-bond donors (Lipinski definition) is 1. The van der Waals surface area contributed by atoms with Crippen LogP contribution in [0.15, 0.2) is 6.33 Å². The minimum Gasteiger partial charge on any atom is -0.474 e. The zero-order chi connectivity index (χ0) is 24.5. The van der Waals surface area contributed by atoms with Gasteiger partial charge in [-0.15, -0.1) is 11.3 Å². The second-order valence-electron chi connectivity index (χ2n) is 9.90. The van der Waals surface area contributed by atoms with Gasteiger partial charge in [0.2, 0.25) is 5.88 Å². The minimum absolute atomic E-state index is 0.0148. The highest BCUT2D eigenvalue weighted by Gasteiger charge is 2.36. The molecule has 1 N–H and O–H groups in total. The van der Waals surface area contributed by atoms with Crippen molar-refractivity contribution in [3.8, 4) is 5.88 Å². The number of fused-ring (bicyclic) bond motifs is 3. The fraction of sp³-hybridized carbons (Fsp3) is 0.667. The summed E-state index contributed by atoms with van der Waals surface area (Å²) < 4.78 is 17.1. The standard InChI is InChI=1S/C24H34N4O5S/c1-6-31-22(29)16-11-12-17-18(16)19-20(25-13-26-21(19)34-17)32-15-9-7-14(8-10-15)27-28(5)23(30)33-24(2,3)4/h13-16,27H,6-12H2,1-5H3/t14-,15-,16?. The average Bonchev–Trinajstić information content (AvgIpc) is 3.33. The van der Waals surface area contributed by atoms with Crippen molar-refractivity contribution in [3.05, 3.63) is 16.8 Å². The maximum Gasteiger partial charge on any atom is 0.424 e. The number of carbonyl (C=O) groups excluding carboxylic acids is 2. The molecule has 0 bridgehead atoms. The van der Waals surface area contributed by atoms with Crippen molar-refractivity contribution in [2.75, 3.05) is 13.7 Å². The predicted molar refractivity (Wildman–Crippen MR) is 129 cm³/mol. The first-order chi connectivity index (χ1) is 16.2. The highest BCUT2D eigenvalue weighted by Crippen LogP contribution is 2.46. The van der Waals surface area contributed by atoms with E-state index in [4.69, 9.17) is 14.2 Å². The van der Waals surface area contributed by atoms with Gasteiger partial charge in [0.15, 0.2) is 0 Å². The molecule has 2 aliphatic carbocycles. The van der Waals surface area contributed by atoms with Crippen molar-refractivity contribution >= 4 is 33.6 Å². The Bertz CT molecular complexity index is 1040. The first-order valence-electron chi connectivity index (χ1n) is 12.0. The fourth-order valence-electron chi connectivity index (χ4n) is 4.64. The van der Waals surface area contributed by atoms with Gasteiger partial charge < -0.3 is 14.2 Å². The average molecular weight is 491 g/mol. The molecule has 0 aromatic carbocycles. The molecule has 1 amide bonds. The largest absolute Gasteiger partial charge is 0.474 e. The zero-order valence-corrected chi connectivity index (χ0v) is 21.4. The monoisotopic (exact) mass is 490 g/mol. The Morgan fingerprint density at radius 2 is 1.91 bits per heavy atom. The van der Waals surface area contributed by atoms with Crippen LogP contribution in [0.1, 0.15) is 76.2 Å². The molecular weight excluding hydrogens is 456 g/mol. The lowest BCUT2D eigenvalue weighted by Crippen LogP contribution is -2.49. The number of ether oxygens (including phenoxy) is 3. The number of thiophene rings is 1. The van der Waals surface area contributed by atoms with E-state index >= 15 is 0 Å². The lowest BCUT2D eigenvalue weighted by molar-refractivity contribution is -0.144. The third-order valence-electron chi connectivity index (χ3n) is 6.14. The first-order valence-corrected chi connectivity index (χ1v) is 12.8. The summed E-state index contributed by atoms with van der Waals surface area (Å²) in [6.07, 6.45) is 6.15. The number of carbonyl (C=O) groups is 2. The molecule has 0 radical (unpaired) electrons. The second kappa shape index (κ2) is 10.0. The van der Waals surface area contributed by atoms with Crippen LogP contribution in [0.5, 0.6) is 5.88 Å². The Hall–Kier alpha value is -2.46. The van der Waals surface area contributed by atoms with Gasteiger partial charge in [0.1, 0.15) is 22.9 Å². The lowest BCUT2D eigenvalue weighted by atomic mass is 9.93. The third-order valence-corrected chi connectivity index (χ3v) is 7.32. The summed E-state index contributed by atoms with van der Waals surface area (Å²) in [5.41, 5.74) is 3.70. The van der Waals surface area contributed by atoms with Gasteiger partial charge in [-0.1, -0.05) is 0 Å². The van der Waals surface area contributed by atoms with Crippen LogP contribution in [-0.4, -0.2) is 58.4 Å². The molecule has 9 nitrogen and oxygen atoms in total. The molecule has 0 saturated heterocycles. The molecule has 1 atom stereocenters. The topological polar surface area (TPSA) is 103 Å². The van der Waals surface area contributed by atoms with Crippen LogP contribution in [0.25, 0.3) is 10.2 Å². The van der Waals surface area contributed by atoms with Crippen molar-refractivity contribution < 1.29 is 23.8 Å². The van der Waals surface area contributed by atoms with Gasteiger partial charge in [0.05, 0.1) is 17.9 Å². The summed E-state index contributed by atoms with van der Waals surface area (Å²) in [6, 6.07) is 0.168. The van der Waals surface area contributed by atoms with Gasteiger partial charge in [-0.25, -0.2) is 25.2 Å². The molecule has 2 aliphatic rings. The molecule has 34 heavy (non-hydrogen) atoms. The van der Waals surface area contributed by atoms with Crippen LogP contribution in [0.3, 0.4) is 0 Å². The Morgan fingerprint density at radius 3 is 2.59 bits per heavy atom. The highest BCUT2D eigenvalue weighted by molar-refractivity contribution is 7.19. The molecule has 0 aliphatic heterocycles. The van der Waals surface area contributed by atoms with E-state index in [0.717, 1.165) is 54.3 Å². The quantitative estimate of drug-likeness (QED) is 0.471. The first kappa shape index (κ1) is 24.7. The van der Waals surface area contributed by atoms with E-state index in [1.54, 1.807) is 18.4 Å². The summed E-state index contributed by atoms with van der Waals surface area (Å²) in [7, 11) is 1.69. The predicted octanol–water partition coefficient (Wildman–Crippen LogP) is 4.35. The van der Waals surface area contributed by atoms with Crippen molar-refractivity contribution in [2.45, 2.75) is 89.9 Å². The number of rotatable bonds is 6.